The van der Waals surface area contributed by atoms with Crippen LogP contribution in [-0.2, 0) is 15.0 Å². The Morgan fingerprint density at radius 3 is 1.85 bits per heavy atom. The van der Waals surface area contributed by atoms with E-state index >= 15 is 0 Å². The number of hydrogen-bond acceptors (Lipinski definition) is 2. The van der Waals surface area contributed by atoms with Crippen LogP contribution in [0.1, 0.15) is 72.8 Å². The van der Waals surface area contributed by atoms with E-state index in [0.717, 1.165) is 36.9 Å². The molecule has 0 bridgehead atoms. The van der Waals surface area contributed by atoms with E-state index < -0.39 is 0 Å². The molecule has 0 spiro atoms. The Labute approximate surface area is 158 Å². The summed E-state index contributed by atoms with van der Waals surface area (Å²) in [4.78, 5) is 25.1. The van der Waals surface area contributed by atoms with Gasteiger partial charge in [0.05, 0.1) is 0 Å². The second-order valence-corrected chi connectivity index (χ2v) is 9.57. The third kappa shape index (κ3) is 5.58. The second-order valence-electron chi connectivity index (χ2n) is 9.57. The number of para-hydroxylation sites is 1. The highest BCUT2D eigenvalue weighted by molar-refractivity contribution is 5.93. The molecule has 144 valence electrons. The number of rotatable bonds is 3. The van der Waals surface area contributed by atoms with Crippen LogP contribution >= 0.6 is 0 Å². The lowest BCUT2D eigenvalue weighted by Gasteiger charge is -2.30. The largest absolute Gasteiger partial charge is 0.351 e. The first kappa shape index (κ1) is 20.5. The highest BCUT2D eigenvalue weighted by atomic mass is 16.2. The van der Waals surface area contributed by atoms with Gasteiger partial charge in [-0.05, 0) is 63.5 Å². The smallest absolute Gasteiger partial charge is 0.227 e. The standard InChI is InChI=1S/C22H34N2O2/c1-21(2,3)17-9-7-8-10-18(17)23-19(25)15-11-13-16(14-12-15)20(26)24-22(4,5)6/h7-10,15-16H,11-14H2,1-6H3,(H,23,25)(H,24,26). The highest BCUT2D eigenvalue weighted by Crippen LogP contribution is 2.33. The fourth-order valence-corrected chi connectivity index (χ4v) is 3.57. The second kappa shape index (κ2) is 7.81. The van der Waals surface area contributed by atoms with Gasteiger partial charge in [0.2, 0.25) is 11.8 Å². The Bertz CT molecular complexity index is 645. The van der Waals surface area contributed by atoms with E-state index in [2.05, 4.69) is 37.5 Å². The average molecular weight is 359 g/mol. The Hall–Kier alpha value is -1.84. The topological polar surface area (TPSA) is 58.2 Å². The molecule has 0 radical (unpaired) electrons. The van der Waals surface area contributed by atoms with Gasteiger partial charge in [-0.15, -0.1) is 0 Å². The molecule has 0 atom stereocenters. The van der Waals surface area contributed by atoms with Crippen LogP contribution in [0.4, 0.5) is 5.69 Å². The molecule has 0 saturated heterocycles. The molecule has 1 aliphatic carbocycles. The molecule has 2 rings (SSSR count). The maximum absolute atomic E-state index is 12.7. The van der Waals surface area contributed by atoms with Crippen LogP contribution in [0.3, 0.4) is 0 Å². The van der Waals surface area contributed by atoms with Crippen LogP contribution in [-0.4, -0.2) is 17.4 Å². The third-order valence-corrected chi connectivity index (χ3v) is 4.96. The highest BCUT2D eigenvalue weighted by Gasteiger charge is 2.31. The van der Waals surface area contributed by atoms with Crippen LogP contribution in [0.25, 0.3) is 0 Å². The first-order valence-corrected chi connectivity index (χ1v) is 9.70. The van der Waals surface area contributed by atoms with Gasteiger partial charge in [0.15, 0.2) is 0 Å². The van der Waals surface area contributed by atoms with Crippen molar-refractivity contribution in [2.75, 3.05) is 5.32 Å². The van der Waals surface area contributed by atoms with E-state index in [-0.39, 0.29) is 34.6 Å². The number of hydrogen-bond donors (Lipinski definition) is 2. The van der Waals surface area contributed by atoms with Crippen LogP contribution in [0.15, 0.2) is 24.3 Å². The molecule has 0 unspecified atom stereocenters. The van der Waals surface area contributed by atoms with Crippen molar-refractivity contribution in [3.05, 3.63) is 29.8 Å². The molecule has 1 fully saturated rings. The number of anilines is 1. The van der Waals surface area contributed by atoms with Crippen molar-refractivity contribution in [1.29, 1.82) is 0 Å². The van der Waals surface area contributed by atoms with Crippen molar-refractivity contribution in [2.45, 2.75) is 78.2 Å². The molecule has 4 heteroatoms. The van der Waals surface area contributed by atoms with Crippen molar-refractivity contribution in [1.82, 2.24) is 5.32 Å². The molecule has 0 heterocycles. The van der Waals surface area contributed by atoms with E-state index in [1.54, 1.807) is 0 Å². The Morgan fingerprint density at radius 2 is 1.35 bits per heavy atom. The summed E-state index contributed by atoms with van der Waals surface area (Å²) >= 11 is 0. The third-order valence-electron chi connectivity index (χ3n) is 4.96. The summed E-state index contributed by atoms with van der Waals surface area (Å²) in [6.45, 7) is 12.4. The minimum atomic E-state index is -0.206. The van der Waals surface area contributed by atoms with E-state index in [1.165, 1.54) is 0 Å². The molecule has 1 aliphatic rings. The van der Waals surface area contributed by atoms with Gasteiger partial charge in [-0.2, -0.15) is 0 Å². The van der Waals surface area contributed by atoms with Gasteiger partial charge in [-0.25, -0.2) is 0 Å². The lowest BCUT2D eigenvalue weighted by Crippen LogP contribution is -2.45. The van der Waals surface area contributed by atoms with Crippen molar-refractivity contribution >= 4 is 17.5 Å². The fourth-order valence-electron chi connectivity index (χ4n) is 3.57. The monoisotopic (exact) mass is 358 g/mol. The van der Waals surface area contributed by atoms with Crippen LogP contribution in [0.5, 0.6) is 0 Å². The van der Waals surface area contributed by atoms with Crippen LogP contribution in [0, 0.1) is 11.8 Å². The Kier molecular flexibility index (Phi) is 6.15. The lowest BCUT2D eigenvalue weighted by molar-refractivity contribution is -0.129. The van der Waals surface area contributed by atoms with E-state index in [1.807, 2.05) is 39.0 Å². The van der Waals surface area contributed by atoms with Gasteiger partial charge in [0.1, 0.15) is 0 Å². The predicted molar refractivity (Wildman–Crippen MR) is 107 cm³/mol. The molecule has 2 N–H and O–H groups in total. The molecule has 2 amide bonds. The molecule has 0 aliphatic heterocycles. The zero-order chi connectivity index (χ0) is 19.5. The van der Waals surface area contributed by atoms with Crippen molar-refractivity contribution in [3.8, 4) is 0 Å². The van der Waals surface area contributed by atoms with Crippen LogP contribution < -0.4 is 10.6 Å². The number of carbonyl (C=O) groups is 2. The molecule has 1 aromatic carbocycles. The minimum absolute atomic E-state index is 0.0123. The van der Waals surface area contributed by atoms with Gasteiger partial charge < -0.3 is 10.6 Å². The van der Waals surface area contributed by atoms with Gasteiger partial charge in [0, 0.05) is 23.1 Å². The average Bonchev–Trinajstić information content (AvgIpc) is 2.53. The Balaban J connectivity index is 1.95. The molecule has 26 heavy (non-hydrogen) atoms. The van der Waals surface area contributed by atoms with Crippen molar-refractivity contribution in [3.63, 3.8) is 0 Å². The number of carbonyl (C=O) groups excluding carboxylic acids is 2. The summed E-state index contributed by atoms with van der Waals surface area (Å²) in [6, 6.07) is 8.01. The minimum Gasteiger partial charge on any atom is -0.351 e. The number of nitrogens with one attached hydrogen (secondary N) is 2. The van der Waals surface area contributed by atoms with Crippen LogP contribution in [0.2, 0.25) is 0 Å². The molecular formula is C22H34N2O2. The zero-order valence-electron chi connectivity index (χ0n) is 17.1. The summed E-state index contributed by atoms with van der Waals surface area (Å²) in [5.41, 5.74) is 1.82. The van der Waals surface area contributed by atoms with Gasteiger partial charge >= 0.3 is 0 Å². The normalized spacial score (nSPS) is 21.2. The summed E-state index contributed by atoms with van der Waals surface area (Å²) in [5, 5.41) is 6.19. The Morgan fingerprint density at radius 1 is 0.846 bits per heavy atom. The summed E-state index contributed by atoms with van der Waals surface area (Å²) in [5.74, 6) is 0.215. The van der Waals surface area contributed by atoms with Crippen molar-refractivity contribution < 1.29 is 9.59 Å². The number of amides is 2. The van der Waals surface area contributed by atoms with E-state index in [0.29, 0.717) is 0 Å². The quantitative estimate of drug-likeness (QED) is 0.827. The molecular weight excluding hydrogens is 324 g/mol. The summed E-state index contributed by atoms with van der Waals surface area (Å²) in [7, 11) is 0. The SMILES string of the molecule is CC(C)(C)NC(=O)C1CCC(C(=O)Nc2ccccc2C(C)(C)C)CC1. The molecule has 0 aromatic heterocycles. The van der Waals surface area contributed by atoms with Gasteiger partial charge in [-0.3, -0.25) is 9.59 Å². The van der Waals surface area contributed by atoms with E-state index in [4.69, 9.17) is 0 Å². The number of benzene rings is 1. The van der Waals surface area contributed by atoms with E-state index in [9.17, 15) is 9.59 Å². The zero-order valence-corrected chi connectivity index (χ0v) is 17.1. The lowest BCUT2D eigenvalue weighted by atomic mass is 9.80. The predicted octanol–water partition coefficient (Wildman–Crippen LogP) is 4.64. The van der Waals surface area contributed by atoms with Gasteiger partial charge in [-0.1, -0.05) is 39.0 Å². The molecule has 4 nitrogen and oxygen atoms in total. The maximum atomic E-state index is 12.7. The molecule has 1 saturated carbocycles. The van der Waals surface area contributed by atoms with Gasteiger partial charge in [0.25, 0.3) is 0 Å². The maximum Gasteiger partial charge on any atom is 0.227 e. The molecule has 1 aromatic rings. The first-order chi connectivity index (χ1) is 12.0. The first-order valence-electron chi connectivity index (χ1n) is 9.70. The summed E-state index contributed by atoms with van der Waals surface area (Å²) < 4.78 is 0. The fraction of sp³-hybridized carbons (Fsp3) is 0.636. The van der Waals surface area contributed by atoms with Crippen molar-refractivity contribution in [2.24, 2.45) is 11.8 Å². The summed E-state index contributed by atoms with van der Waals surface area (Å²) in [6.07, 6.45) is 3.10.